The van der Waals surface area contributed by atoms with E-state index in [2.05, 4.69) is 20.4 Å². The van der Waals surface area contributed by atoms with Crippen LogP contribution in [0.5, 0.6) is 0 Å². The second-order valence-electron chi connectivity index (χ2n) is 6.20. The number of hydrogen-bond donors (Lipinski definition) is 1. The topological polar surface area (TPSA) is 102 Å². The molecule has 1 atom stereocenters. The first-order chi connectivity index (χ1) is 13.6. The van der Waals surface area contributed by atoms with Crippen molar-refractivity contribution in [1.29, 1.82) is 0 Å². The van der Waals surface area contributed by atoms with Crippen molar-refractivity contribution in [2.45, 2.75) is 20.3 Å². The maximum Gasteiger partial charge on any atom is 0.266 e. The number of nitrogens with one attached hydrogen (secondary N) is 1. The van der Waals surface area contributed by atoms with E-state index in [0.29, 0.717) is 34.3 Å². The van der Waals surface area contributed by atoms with Crippen LogP contribution in [0.15, 0.2) is 56.4 Å². The number of rotatable bonds is 4. The van der Waals surface area contributed by atoms with Gasteiger partial charge in [-0.1, -0.05) is 13.0 Å². The third-order valence-corrected chi connectivity index (χ3v) is 5.22. The quantitative estimate of drug-likeness (QED) is 0.728. The van der Waals surface area contributed by atoms with Crippen LogP contribution >= 0.6 is 11.3 Å². The number of furan rings is 1. The summed E-state index contributed by atoms with van der Waals surface area (Å²) in [5.41, 5.74) is 1.16. The lowest BCUT2D eigenvalue weighted by atomic mass is 10.00. The third kappa shape index (κ3) is 3.31. The summed E-state index contributed by atoms with van der Waals surface area (Å²) in [5, 5.41) is 9.09. The minimum Gasteiger partial charge on any atom is -0.463 e. The highest BCUT2D eigenvalue weighted by atomic mass is 32.1. The molecule has 28 heavy (non-hydrogen) atoms. The lowest BCUT2D eigenvalue weighted by Crippen LogP contribution is -2.30. The predicted molar refractivity (Wildman–Crippen MR) is 107 cm³/mol. The number of aliphatic imine (C=N–C) groups is 2. The molecule has 3 aromatic rings. The summed E-state index contributed by atoms with van der Waals surface area (Å²) < 4.78 is 6.76. The summed E-state index contributed by atoms with van der Waals surface area (Å²) in [4.78, 5) is 34.0. The van der Waals surface area contributed by atoms with Gasteiger partial charge in [0.1, 0.15) is 11.5 Å². The van der Waals surface area contributed by atoms with Gasteiger partial charge in [0.05, 0.1) is 17.1 Å². The summed E-state index contributed by atoms with van der Waals surface area (Å²) in [6.45, 7) is 3.71. The van der Waals surface area contributed by atoms with Crippen molar-refractivity contribution in [3.8, 4) is 11.5 Å². The van der Waals surface area contributed by atoms with Crippen molar-refractivity contribution in [1.82, 2.24) is 9.78 Å². The van der Waals surface area contributed by atoms with E-state index in [-0.39, 0.29) is 23.7 Å². The van der Waals surface area contributed by atoms with Gasteiger partial charge in [-0.25, -0.2) is 4.99 Å². The number of aromatic nitrogens is 2. The van der Waals surface area contributed by atoms with Crippen molar-refractivity contribution in [3.05, 3.63) is 46.9 Å². The molecule has 0 radical (unpaired) electrons. The molecule has 0 saturated carbocycles. The number of hydrogen-bond acceptors (Lipinski definition) is 6. The molecule has 4 rings (SSSR count). The smallest absolute Gasteiger partial charge is 0.266 e. The Labute approximate surface area is 164 Å². The van der Waals surface area contributed by atoms with Crippen molar-refractivity contribution >= 4 is 40.6 Å². The van der Waals surface area contributed by atoms with E-state index in [1.54, 1.807) is 37.3 Å². The zero-order chi connectivity index (χ0) is 19.7. The standard InChI is InChI=1S/C19H17N5O3S/c1-3-12-11(2)20-19(22-17(12)25)24-16(21-18(26)15-7-5-9-28-15)10-13(23-24)14-6-4-8-27-14/h4-10,12H,3H2,1-2H3,(H,21,26). The number of carbonyl (C=O) groups is 2. The molecular weight excluding hydrogens is 378 g/mol. The summed E-state index contributed by atoms with van der Waals surface area (Å²) in [7, 11) is 0. The highest BCUT2D eigenvalue weighted by Crippen LogP contribution is 2.25. The maximum atomic E-state index is 12.5. The summed E-state index contributed by atoms with van der Waals surface area (Å²) >= 11 is 1.33. The van der Waals surface area contributed by atoms with Gasteiger partial charge in [-0.2, -0.15) is 14.8 Å². The Morgan fingerprint density at radius 3 is 2.82 bits per heavy atom. The molecule has 3 aromatic heterocycles. The highest BCUT2D eigenvalue weighted by molar-refractivity contribution is 7.12. The van der Waals surface area contributed by atoms with Crippen molar-refractivity contribution in [3.63, 3.8) is 0 Å². The fraction of sp³-hybridized carbons (Fsp3) is 0.211. The van der Waals surface area contributed by atoms with Crippen molar-refractivity contribution < 1.29 is 14.0 Å². The van der Waals surface area contributed by atoms with Crippen LogP contribution in [-0.2, 0) is 4.79 Å². The van der Waals surface area contributed by atoms with Gasteiger partial charge in [-0.05, 0) is 36.9 Å². The Kier molecular flexibility index (Phi) is 4.74. The van der Waals surface area contributed by atoms with Crippen molar-refractivity contribution in [2.75, 3.05) is 5.32 Å². The lowest BCUT2D eigenvalue weighted by molar-refractivity contribution is -0.119. The molecule has 2 amide bonds. The Morgan fingerprint density at radius 1 is 1.32 bits per heavy atom. The number of amides is 2. The van der Waals surface area contributed by atoms with Crippen LogP contribution < -0.4 is 5.32 Å². The SMILES string of the molecule is CCC1C(=O)N=C(n2nc(-c3ccco3)cc2NC(=O)c2cccs2)N=C1C. The molecule has 142 valence electrons. The molecule has 1 aliphatic rings. The molecule has 0 fully saturated rings. The minimum atomic E-state index is -0.326. The molecule has 0 spiro atoms. The van der Waals surface area contributed by atoms with Gasteiger partial charge in [0, 0.05) is 11.8 Å². The molecule has 0 saturated heterocycles. The van der Waals surface area contributed by atoms with E-state index in [9.17, 15) is 9.59 Å². The van der Waals surface area contributed by atoms with Crippen molar-refractivity contribution in [2.24, 2.45) is 15.9 Å². The van der Waals surface area contributed by atoms with Gasteiger partial charge in [-0.15, -0.1) is 11.3 Å². The number of anilines is 1. The van der Waals surface area contributed by atoms with E-state index >= 15 is 0 Å². The number of nitrogens with zero attached hydrogens (tertiary/aromatic N) is 4. The highest BCUT2D eigenvalue weighted by Gasteiger charge is 2.27. The molecule has 0 aliphatic carbocycles. The molecule has 1 aliphatic heterocycles. The van der Waals surface area contributed by atoms with Crippen LogP contribution in [0.2, 0.25) is 0 Å². The van der Waals surface area contributed by atoms with Gasteiger partial charge in [0.2, 0.25) is 0 Å². The van der Waals surface area contributed by atoms with Gasteiger partial charge in [0.15, 0.2) is 5.76 Å². The fourth-order valence-corrected chi connectivity index (χ4v) is 3.55. The molecule has 1 N–H and O–H groups in total. The van der Waals surface area contributed by atoms with Gasteiger partial charge < -0.3 is 9.73 Å². The van der Waals surface area contributed by atoms with Crippen LogP contribution in [-0.4, -0.2) is 33.3 Å². The van der Waals surface area contributed by atoms with Gasteiger partial charge >= 0.3 is 0 Å². The number of carbonyl (C=O) groups excluding carboxylic acids is 2. The van der Waals surface area contributed by atoms with Gasteiger partial charge in [-0.3, -0.25) is 9.59 Å². The average Bonchev–Trinajstić information content (AvgIpc) is 3.42. The van der Waals surface area contributed by atoms with E-state index in [4.69, 9.17) is 4.42 Å². The molecule has 1 unspecified atom stereocenters. The molecule has 4 heterocycles. The second kappa shape index (κ2) is 7.35. The largest absolute Gasteiger partial charge is 0.463 e. The second-order valence-corrected chi connectivity index (χ2v) is 7.15. The molecule has 0 bridgehead atoms. The van der Waals surface area contributed by atoms with Crippen LogP contribution in [0.1, 0.15) is 29.9 Å². The summed E-state index contributed by atoms with van der Waals surface area (Å²) in [6.07, 6.45) is 2.16. The fourth-order valence-electron chi connectivity index (χ4n) is 2.93. The van der Waals surface area contributed by atoms with E-state index in [0.717, 1.165) is 0 Å². The minimum absolute atomic E-state index is 0.117. The Hall–Kier alpha value is -3.33. The Bertz CT molecular complexity index is 1080. The molecular formula is C19H17N5O3S. The van der Waals surface area contributed by atoms with Gasteiger partial charge in [0.25, 0.3) is 17.8 Å². The van der Waals surface area contributed by atoms with E-state index in [1.165, 1.54) is 22.3 Å². The molecule has 0 aromatic carbocycles. The summed E-state index contributed by atoms with van der Waals surface area (Å²) in [6, 6.07) is 8.69. The Balaban J connectivity index is 1.75. The molecule has 9 heteroatoms. The third-order valence-electron chi connectivity index (χ3n) is 4.36. The first kappa shape index (κ1) is 18.1. The zero-order valence-electron chi connectivity index (χ0n) is 15.2. The van der Waals surface area contributed by atoms with Crippen LogP contribution in [0.4, 0.5) is 5.82 Å². The first-order valence-electron chi connectivity index (χ1n) is 8.73. The first-order valence-corrected chi connectivity index (χ1v) is 9.61. The van der Waals surface area contributed by atoms with Crippen LogP contribution in [0, 0.1) is 5.92 Å². The summed E-state index contributed by atoms with van der Waals surface area (Å²) in [5.74, 6) is 0.121. The van der Waals surface area contributed by atoms with Crippen LogP contribution in [0.3, 0.4) is 0 Å². The monoisotopic (exact) mass is 395 g/mol. The maximum absolute atomic E-state index is 12.5. The van der Waals surface area contributed by atoms with E-state index in [1.807, 2.05) is 12.3 Å². The van der Waals surface area contributed by atoms with Crippen LogP contribution in [0.25, 0.3) is 11.5 Å². The predicted octanol–water partition coefficient (Wildman–Crippen LogP) is 3.69. The normalized spacial score (nSPS) is 16.6. The van der Waals surface area contributed by atoms with E-state index < -0.39 is 0 Å². The number of thiophene rings is 1. The lowest BCUT2D eigenvalue weighted by Gasteiger charge is -2.17. The zero-order valence-corrected chi connectivity index (χ0v) is 16.1. The Morgan fingerprint density at radius 2 is 2.18 bits per heavy atom. The molecule has 8 nitrogen and oxygen atoms in total. The average molecular weight is 395 g/mol.